The normalized spacial score (nSPS) is 10.2. The molecule has 0 aliphatic rings. The fraction of sp³-hybridized carbons (Fsp3) is 0.0833. The van der Waals surface area contributed by atoms with Crippen molar-refractivity contribution in [3.63, 3.8) is 0 Å². The molecular formula is C12H9ClN2O3S. The highest BCUT2D eigenvalue weighted by molar-refractivity contribution is 7.15. The van der Waals surface area contributed by atoms with Crippen LogP contribution in [0.15, 0.2) is 24.4 Å². The predicted molar refractivity (Wildman–Crippen MR) is 73.2 cm³/mol. The molecule has 1 aromatic heterocycles. The van der Waals surface area contributed by atoms with Crippen LogP contribution in [0.3, 0.4) is 0 Å². The number of nitrogens with one attached hydrogen (secondary N) is 1. The number of hydrogen-bond acceptors (Lipinski definition) is 4. The number of carbonyl (C=O) groups is 2. The molecule has 1 aromatic carbocycles. The number of anilines is 1. The van der Waals surface area contributed by atoms with Crippen molar-refractivity contribution in [3.8, 4) is 0 Å². The highest BCUT2D eigenvalue weighted by Gasteiger charge is 2.15. The smallest absolute Gasteiger partial charge is 0.365 e. The van der Waals surface area contributed by atoms with Crippen LogP contribution in [0, 0.1) is 6.92 Å². The summed E-state index contributed by atoms with van der Waals surface area (Å²) in [7, 11) is 0. The number of carboxylic acid groups (broad SMARTS) is 1. The number of aromatic nitrogens is 1. The summed E-state index contributed by atoms with van der Waals surface area (Å²) >= 11 is 6.77. The van der Waals surface area contributed by atoms with E-state index in [1.807, 2.05) is 13.0 Å². The van der Waals surface area contributed by atoms with Gasteiger partial charge in [0.15, 0.2) is 0 Å². The van der Waals surface area contributed by atoms with Crippen LogP contribution < -0.4 is 5.32 Å². The summed E-state index contributed by atoms with van der Waals surface area (Å²) in [5.41, 5.74) is 1.44. The Morgan fingerprint density at radius 1 is 1.42 bits per heavy atom. The Labute approximate surface area is 117 Å². The molecule has 0 atom stereocenters. The van der Waals surface area contributed by atoms with Crippen molar-refractivity contribution in [2.24, 2.45) is 0 Å². The van der Waals surface area contributed by atoms with Crippen molar-refractivity contribution in [1.82, 2.24) is 4.98 Å². The fourth-order valence-corrected chi connectivity index (χ4v) is 2.21. The molecule has 0 radical (unpaired) electrons. The molecule has 0 fully saturated rings. The van der Waals surface area contributed by atoms with Gasteiger partial charge in [-0.05, 0) is 24.6 Å². The quantitative estimate of drug-likeness (QED) is 0.912. The third-order valence-corrected chi connectivity index (χ3v) is 3.60. The van der Waals surface area contributed by atoms with Gasteiger partial charge in [-0.3, -0.25) is 4.79 Å². The summed E-state index contributed by atoms with van der Waals surface area (Å²) in [4.78, 5) is 26.5. The Kier molecular flexibility index (Phi) is 3.82. The highest BCUT2D eigenvalue weighted by atomic mass is 35.5. The van der Waals surface area contributed by atoms with Gasteiger partial charge in [-0.1, -0.05) is 17.7 Å². The van der Waals surface area contributed by atoms with Crippen LogP contribution in [-0.4, -0.2) is 22.0 Å². The number of thiazole rings is 1. The van der Waals surface area contributed by atoms with E-state index in [2.05, 4.69) is 10.3 Å². The molecule has 98 valence electrons. The Morgan fingerprint density at radius 2 is 2.16 bits per heavy atom. The van der Waals surface area contributed by atoms with Gasteiger partial charge in [0.05, 0.1) is 16.9 Å². The molecule has 2 N–H and O–H groups in total. The van der Waals surface area contributed by atoms with Gasteiger partial charge < -0.3 is 10.4 Å². The van der Waals surface area contributed by atoms with Crippen molar-refractivity contribution in [2.45, 2.75) is 6.92 Å². The first-order valence-corrected chi connectivity index (χ1v) is 6.43. The molecule has 0 unspecified atom stereocenters. The minimum atomic E-state index is -1.15. The Bertz CT molecular complexity index is 654. The molecule has 0 spiro atoms. The molecule has 5 nitrogen and oxygen atoms in total. The van der Waals surface area contributed by atoms with E-state index in [0.29, 0.717) is 10.7 Å². The summed E-state index contributed by atoms with van der Waals surface area (Å²) in [5.74, 6) is -1.59. The SMILES string of the molecule is Cc1ccc(Cl)c(NC(=O)c2cnc(C(=O)O)s2)c1. The van der Waals surface area contributed by atoms with Gasteiger partial charge in [-0.25, -0.2) is 9.78 Å². The summed E-state index contributed by atoms with van der Waals surface area (Å²) < 4.78 is 0. The van der Waals surface area contributed by atoms with Crippen molar-refractivity contribution in [3.05, 3.63) is 44.9 Å². The van der Waals surface area contributed by atoms with Crippen LogP contribution in [0.1, 0.15) is 25.0 Å². The molecule has 0 aliphatic carbocycles. The van der Waals surface area contributed by atoms with Gasteiger partial charge in [-0.2, -0.15) is 0 Å². The van der Waals surface area contributed by atoms with Crippen LogP contribution in [0.4, 0.5) is 5.69 Å². The van der Waals surface area contributed by atoms with Gasteiger partial charge in [-0.15, -0.1) is 11.3 Å². The molecule has 0 aliphatic heterocycles. The fourth-order valence-electron chi connectivity index (χ4n) is 1.40. The molecule has 0 bridgehead atoms. The average Bonchev–Trinajstić information content (AvgIpc) is 2.83. The monoisotopic (exact) mass is 296 g/mol. The third kappa shape index (κ3) is 3.10. The summed E-state index contributed by atoms with van der Waals surface area (Å²) in [5, 5.41) is 11.7. The molecule has 2 aromatic rings. The van der Waals surface area contributed by atoms with E-state index in [-0.39, 0.29) is 9.88 Å². The Hall–Kier alpha value is -1.92. The highest BCUT2D eigenvalue weighted by Crippen LogP contribution is 2.24. The average molecular weight is 297 g/mol. The Balaban J connectivity index is 2.20. The second kappa shape index (κ2) is 5.38. The van der Waals surface area contributed by atoms with Crippen molar-refractivity contribution < 1.29 is 14.7 Å². The van der Waals surface area contributed by atoms with Gasteiger partial charge in [0, 0.05) is 0 Å². The standard InChI is InChI=1S/C12H9ClN2O3S/c1-6-2-3-7(13)8(4-6)15-10(16)9-5-14-11(19-9)12(17)18/h2-5H,1H3,(H,15,16)(H,17,18). The lowest BCUT2D eigenvalue weighted by Gasteiger charge is -2.06. The summed E-state index contributed by atoms with van der Waals surface area (Å²) in [6.45, 7) is 1.88. The van der Waals surface area contributed by atoms with Crippen molar-refractivity contribution in [1.29, 1.82) is 0 Å². The van der Waals surface area contributed by atoms with E-state index < -0.39 is 11.9 Å². The van der Waals surface area contributed by atoms with E-state index in [4.69, 9.17) is 16.7 Å². The lowest BCUT2D eigenvalue weighted by molar-refractivity contribution is 0.0696. The van der Waals surface area contributed by atoms with E-state index >= 15 is 0 Å². The molecular weight excluding hydrogens is 288 g/mol. The topological polar surface area (TPSA) is 79.3 Å². The predicted octanol–water partition coefficient (Wildman–Crippen LogP) is 3.06. The number of amides is 1. The minimum Gasteiger partial charge on any atom is -0.476 e. The molecule has 7 heteroatoms. The number of hydrogen-bond donors (Lipinski definition) is 2. The first-order chi connectivity index (χ1) is 8.97. The molecule has 1 heterocycles. The lowest BCUT2D eigenvalue weighted by Crippen LogP contribution is -2.10. The van der Waals surface area contributed by atoms with Crippen LogP contribution >= 0.6 is 22.9 Å². The Morgan fingerprint density at radius 3 is 2.79 bits per heavy atom. The maximum absolute atomic E-state index is 11.9. The van der Waals surface area contributed by atoms with Gasteiger partial charge >= 0.3 is 5.97 Å². The number of aromatic carboxylic acids is 1. The number of carbonyl (C=O) groups excluding carboxylic acids is 1. The van der Waals surface area contributed by atoms with E-state index in [0.717, 1.165) is 16.9 Å². The number of carboxylic acids is 1. The summed E-state index contributed by atoms with van der Waals surface area (Å²) in [6.07, 6.45) is 1.23. The van der Waals surface area contributed by atoms with Crippen molar-refractivity contribution in [2.75, 3.05) is 5.32 Å². The maximum atomic E-state index is 11.9. The minimum absolute atomic E-state index is 0.125. The number of benzene rings is 1. The molecule has 2 rings (SSSR count). The van der Waals surface area contributed by atoms with Gasteiger partial charge in [0.2, 0.25) is 5.01 Å². The van der Waals surface area contributed by atoms with Crippen LogP contribution in [0.25, 0.3) is 0 Å². The number of nitrogens with zero attached hydrogens (tertiary/aromatic N) is 1. The third-order valence-electron chi connectivity index (χ3n) is 2.28. The second-order valence-corrected chi connectivity index (χ2v) is 5.21. The molecule has 19 heavy (non-hydrogen) atoms. The summed E-state index contributed by atoms with van der Waals surface area (Å²) in [6, 6.07) is 5.24. The number of rotatable bonds is 3. The zero-order chi connectivity index (χ0) is 14.0. The maximum Gasteiger partial charge on any atom is 0.365 e. The molecule has 0 saturated carbocycles. The van der Waals surface area contributed by atoms with E-state index in [9.17, 15) is 9.59 Å². The van der Waals surface area contributed by atoms with Gasteiger partial charge in [0.1, 0.15) is 4.88 Å². The van der Waals surface area contributed by atoms with Gasteiger partial charge in [0.25, 0.3) is 5.91 Å². The van der Waals surface area contributed by atoms with Crippen LogP contribution in [0.5, 0.6) is 0 Å². The van der Waals surface area contributed by atoms with Crippen LogP contribution in [-0.2, 0) is 0 Å². The molecule has 1 amide bonds. The zero-order valence-electron chi connectivity index (χ0n) is 9.81. The number of aryl methyl sites for hydroxylation is 1. The molecule has 0 saturated heterocycles. The van der Waals surface area contributed by atoms with Crippen LogP contribution in [0.2, 0.25) is 5.02 Å². The zero-order valence-corrected chi connectivity index (χ0v) is 11.4. The van der Waals surface area contributed by atoms with E-state index in [1.165, 1.54) is 6.20 Å². The first kappa shape index (κ1) is 13.5. The first-order valence-electron chi connectivity index (χ1n) is 5.24. The largest absolute Gasteiger partial charge is 0.476 e. The van der Waals surface area contributed by atoms with Crippen molar-refractivity contribution >= 4 is 40.5 Å². The number of halogens is 1. The lowest BCUT2D eigenvalue weighted by atomic mass is 10.2. The second-order valence-electron chi connectivity index (χ2n) is 3.77. The van der Waals surface area contributed by atoms with E-state index in [1.54, 1.807) is 12.1 Å².